The van der Waals surface area contributed by atoms with E-state index < -0.39 is 11.4 Å². The molecule has 2 amide bonds. The van der Waals surface area contributed by atoms with Gasteiger partial charge in [-0.3, -0.25) is 9.59 Å². The van der Waals surface area contributed by atoms with E-state index in [4.69, 9.17) is 11.6 Å². The second-order valence-electron chi connectivity index (χ2n) is 9.97. The first kappa shape index (κ1) is 22.3. The topological polar surface area (TPSA) is 87.5 Å². The predicted octanol–water partition coefficient (Wildman–Crippen LogP) is 3.58. The lowest BCUT2D eigenvalue weighted by molar-refractivity contribution is -0.137. The van der Waals surface area contributed by atoms with Crippen molar-refractivity contribution in [1.29, 1.82) is 0 Å². The lowest BCUT2D eigenvalue weighted by atomic mass is 9.81. The normalized spacial score (nSPS) is 31.3. The van der Waals surface area contributed by atoms with Crippen molar-refractivity contribution in [2.75, 3.05) is 18.9 Å². The Morgan fingerprint density at radius 3 is 2.58 bits per heavy atom. The van der Waals surface area contributed by atoms with Crippen LogP contribution in [-0.2, 0) is 11.8 Å². The van der Waals surface area contributed by atoms with Crippen LogP contribution in [0, 0.1) is 23.6 Å². The van der Waals surface area contributed by atoms with E-state index >= 15 is 0 Å². The number of aliphatic hydroxyl groups is 1. The van der Waals surface area contributed by atoms with E-state index in [1.54, 1.807) is 29.9 Å². The molecule has 9 heteroatoms. The molecule has 2 heterocycles. The summed E-state index contributed by atoms with van der Waals surface area (Å²) in [5.41, 5.74) is 0.716. The third kappa shape index (κ3) is 3.83. The molecule has 5 rings (SSSR count). The van der Waals surface area contributed by atoms with Crippen LogP contribution in [0.5, 0.6) is 0 Å². The first-order valence-corrected chi connectivity index (χ1v) is 11.8. The molecular formula is C24H28ClFN4O3. The number of aromatic nitrogens is 2. The van der Waals surface area contributed by atoms with Crippen LogP contribution >= 0.6 is 11.6 Å². The summed E-state index contributed by atoms with van der Waals surface area (Å²) in [6.07, 6.45) is 5.28. The second-order valence-corrected chi connectivity index (χ2v) is 10.4. The van der Waals surface area contributed by atoms with Gasteiger partial charge in [0.25, 0.3) is 5.91 Å². The lowest BCUT2D eigenvalue weighted by Crippen LogP contribution is -2.40. The first-order valence-electron chi connectivity index (χ1n) is 11.4. The molecule has 176 valence electrons. The highest BCUT2D eigenvalue weighted by Gasteiger charge is 2.56. The maximum Gasteiger partial charge on any atom is 0.274 e. The number of aryl methyl sites for hydroxylation is 1. The van der Waals surface area contributed by atoms with Gasteiger partial charge in [-0.05, 0) is 62.1 Å². The van der Waals surface area contributed by atoms with E-state index in [1.807, 2.05) is 0 Å². The number of rotatable bonds is 4. The highest BCUT2D eigenvalue weighted by Crippen LogP contribution is 2.56. The second kappa shape index (κ2) is 8.09. The van der Waals surface area contributed by atoms with Gasteiger partial charge < -0.3 is 19.9 Å². The van der Waals surface area contributed by atoms with Gasteiger partial charge in [0.05, 0.1) is 28.6 Å². The first-order chi connectivity index (χ1) is 15.7. The molecule has 33 heavy (non-hydrogen) atoms. The standard InChI is InChI=1S/C24H28ClFN4O3/c1-29-6-5-17(23(29)32)24(33)10-14-7-13(8-15(14)11-24)20-21(30(2)12-27-20)22(31)28-16-3-4-19(26)18(25)9-16/h3-4,9,12-15,17,33H,5-8,10-11H2,1-2H3,(H,28,31). The quantitative estimate of drug-likeness (QED) is 0.709. The maximum absolute atomic E-state index is 13.5. The number of imidazole rings is 1. The summed E-state index contributed by atoms with van der Waals surface area (Å²) >= 11 is 5.84. The van der Waals surface area contributed by atoms with Crippen molar-refractivity contribution in [3.63, 3.8) is 0 Å². The lowest BCUT2D eigenvalue weighted by Gasteiger charge is -2.30. The van der Waals surface area contributed by atoms with Crippen molar-refractivity contribution in [2.24, 2.45) is 24.8 Å². The van der Waals surface area contributed by atoms with E-state index in [9.17, 15) is 19.1 Å². The summed E-state index contributed by atoms with van der Waals surface area (Å²) in [4.78, 5) is 31.8. The van der Waals surface area contributed by atoms with Crippen LogP contribution in [0.2, 0.25) is 5.02 Å². The van der Waals surface area contributed by atoms with Gasteiger partial charge in [0, 0.05) is 32.2 Å². The van der Waals surface area contributed by atoms with Gasteiger partial charge in [-0.1, -0.05) is 11.6 Å². The van der Waals surface area contributed by atoms with E-state index in [0.717, 1.165) is 18.5 Å². The molecule has 3 aliphatic rings. The zero-order valence-electron chi connectivity index (χ0n) is 18.7. The van der Waals surface area contributed by atoms with Gasteiger partial charge in [0.1, 0.15) is 11.5 Å². The Labute approximate surface area is 196 Å². The van der Waals surface area contributed by atoms with Crippen LogP contribution in [0.25, 0.3) is 0 Å². The Hall–Kier alpha value is -2.45. The third-order valence-electron chi connectivity index (χ3n) is 7.89. The number of benzene rings is 1. The smallest absolute Gasteiger partial charge is 0.274 e. The predicted molar refractivity (Wildman–Crippen MR) is 121 cm³/mol. The van der Waals surface area contributed by atoms with Gasteiger partial charge >= 0.3 is 0 Å². The molecule has 2 aliphatic carbocycles. The van der Waals surface area contributed by atoms with Crippen molar-refractivity contribution in [3.05, 3.63) is 46.8 Å². The Balaban J connectivity index is 1.30. The third-order valence-corrected chi connectivity index (χ3v) is 8.18. The van der Waals surface area contributed by atoms with Crippen LogP contribution < -0.4 is 5.32 Å². The number of amides is 2. The average molecular weight is 475 g/mol. The number of carbonyl (C=O) groups excluding carboxylic acids is 2. The number of nitrogens with zero attached hydrogens (tertiary/aromatic N) is 3. The van der Waals surface area contributed by atoms with Gasteiger partial charge in [-0.2, -0.15) is 0 Å². The largest absolute Gasteiger partial charge is 0.389 e. The zero-order chi connectivity index (χ0) is 23.5. The summed E-state index contributed by atoms with van der Waals surface area (Å²) in [6, 6.07) is 4.07. The molecule has 7 nitrogen and oxygen atoms in total. The molecule has 1 saturated heterocycles. The molecule has 2 N–H and O–H groups in total. The summed E-state index contributed by atoms with van der Waals surface area (Å²) in [5.74, 6) is -0.366. The molecule has 0 spiro atoms. The molecule has 3 unspecified atom stereocenters. The van der Waals surface area contributed by atoms with E-state index in [1.165, 1.54) is 18.2 Å². The zero-order valence-corrected chi connectivity index (χ0v) is 19.5. The molecule has 3 atom stereocenters. The van der Waals surface area contributed by atoms with Crippen LogP contribution in [0.1, 0.15) is 54.2 Å². The molecule has 1 aromatic heterocycles. The summed E-state index contributed by atoms with van der Waals surface area (Å²) in [5, 5.41) is 14.1. The number of likely N-dealkylation sites (tertiary alicyclic amines) is 1. The van der Waals surface area contributed by atoms with Crippen molar-refractivity contribution in [2.45, 2.75) is 43.6 Å². The van der Waals surface area contributed by atoms with Crippen molar-refractivity contribution >= 4 is 29.1 Å². The van der Waals surface area contributed by atoms with Crippen molar-refractivity contribution < 1.29 is 19.1 Å². The molecular weight excluding hydrogens is 447 g/mol. The average Bonchev–Trinajstić information content (AvgIpc) is 3.48. The summed E-state index contributed by atoms with van der Waals surface area (Å²) in [7, 11) is 3.57. The molecule has 0 radical (unpaired) electrons. The minimum absolute atomic E-state index is 0.0543. The van der Waals surface area contributed by atoms with Crippen LogP contribution in [0.15, 0.2) is 24.5 Å². The van der Waals surface area contributed by atoms with Crippen molar-refractivity contribution in [1.82, 2.24) is 14.5 Å². The fraction of sp³-hybridized carbons (Fsp3) is 0.542. The Kier molecular flexibility index (Phi) is 5.48. The maximum atomic E-state index is 13.5. The minimum Gasteiger partial charge on any atom is -0.389 e. The SMILES string of the molecule is CN1CCC(C2(O)CC3CC(c4ncn(C)c4C(=O)Nc4ccc(F)c(Cl)c4)CC3C2)C1=O. The molecule has 0 bridgehead atoms. The fourth-order valence-corrected chi connectivity index (χ4v) is 6.50. The van der Waals surface area contributed by atoms with Gasteiger partial charge in [-0.25, -0.2) is 9.37 Å². The van der Waals surface area contributed by atoms with Crippen LogP contribution in [-0.4, -0.2) is 50.6 Å². The molecule has 1 aliphatic heterocycles. The fourth-order valence-electron chi connectivity index (χ4n) is 6.32. The highest BCUT2D eigenvalue weighted by atomic mass is 35.5. The van der Waals surface area contributed by atoms with Crippen molar-refractivity contribution in [3.8, 4) is 0 Å². The number of carbonyl (C=O) groups is 2. The number of hydrogen-bond donors (Lipinski definition) is 2. The van der Waals surface area contributed by atoms with E-state index in [-0.39, 0.29) is 28.7 Å². The molecule has 2 saturated carbocycles. The van der Waals surface area contributed by atoms with Crippen LogP contribution in [0.4, 0.5) is 10.1 Å². The number of hydrogen-bond acceptors (Lipinski definition) is 4. The molecule has 3 fully saturated rings. The van der Waals surface area contributed by atoms with Gasteiger partial charge in [0.2, 0.25) is 5.91 Å². The van der Waals surface area contributed by atoms with Gasteiger partial charge in [-0.15, -0.1) is 0 Å². The molecule has 2 aromatic rings. The summed E-state index contributed by atoms with van der Waals surface area (Å²) < 4.78 is 15.2. The van der Waals surface area contributed by atoms with E-state index in [2.05, 4.69) is 10.3 Å². The number of halogens is 2. The van der Waals surface area contributed by atoms with Gasteiger partial charge in [0.15, 0.2) is 0 Å². The highest BCUT2D eigenvalue weighted by molar-refractivity contribution is 6.31. The Morgan fingerprint density at radius 1 is 1.27 bits per heavy atom. The molecule has 1 aromatic carbocycles. The number of fused-ring (bicyclic) bond motifs is 1. The number of anilines is 1. The minimum atomic E-state index is -0.922. The van der Waals surface area contributed by atoms with Crippen LogP contribution in [0.3, 0.4) is 0 Å². The monoisotopic (exact) mass is 474 g/mol. The Morgan fingerprint density at radius 2 is 1.97 bits per heavy atom. The van der Waals surface area contributed by atoms with E-state index in [0.29, 0.717) is 49.0 Å². The summed E-state index contributed by atoms with van der Waals surface area (Å²) in [6.45, 7) is 0.704. The number of nitrogens with one attached hydrogen (secondary N) is 1. The Bertz CT molecular complexity index is 1110.